The van der Waals surface area contributed by atoms with Crippen LogP contribution in [0.15, 0.2) is 54.6 Å². The van der Waals surface area contributed by atoms with Crippen LogP contribution in [0.25, 0.3) is 0 Å². The number of benzene rings is 2. The molecule has 0 spiro atoms. The predicted molar refractivity (Wildman–Crippen MR) is 81.0 cm³/mol. The molecule has 0 bridgehead atoms. The Kier molecular flexibility index (Phi) is 3.83. The molecule has 5 N–H and O–H groups in total. The molecule has 2 aromatic carbocycles. The Balaban J connectivity index is 2.54. The first-order valence-corrected chi connectivity index (χ1v) is 6.35. The Bertz CT molecular complexity index is 641. The van der Waals surface area contributed by atoms with Crippen LogP contribution in [0.3, 0.4) is 0 Å². The molecule has 2 rings (SSSR count). The van der Waals surface area contributed by atoms with Crippen molar-refractivity contribution in [3.63, 3.8) is 0 Å². The van der Waals surface area contributed by atoms with Crippen molar-refractivity contribution in [1.29, 1.82) is 0 Å². The SMILES string of the molecule is NC(=O)C(O)(c1ccccc1)c1ccc(C(N)=S)cc1. The first-order chi connectivity index (χ1) is 9.46. The van der Waals surface area contributed by atoms with Gasteiger partial charge in [-0.25, -0.2) is 0 Å². The van der Waals surface area contributed by atoms with Gasteiger partial charge in [-0.1, -0.05) is 66.8 Å². The zero-order chi connectivity index (χ0) is 14.8. The summed E-state index contributed by atoms with van der Waals surface area (Å²) in [6.07, 6.45) is 0. The highest BCUT2D eigenvalue weighted by atomic mass is 32.1. The highest BCUT2D eigenvalue weighted by molar-refractivity contribution is 7.80. The lowest BCUT2D eigenvalue weighted by Gasteiger charge is -2.25. The second-order valence-electron chi connectivity index (χ2n) is 4.38. The monoisotopic (exact) mass is 286 g/mol. The molecule has 2 aromatic rings. The van der Waals surface area contributed by atoms with Crippen LogP contribution in [-0.4, -0.2) is 16.0 Å². The van der Waals surface area contributed by atoms with Crippen LogP contribution in [0.4, 0.5) is 0 Å². The molecule has 0 saturated heterocycles. The standard InChI is InChI=1S/C15H14N2O2S/c16-13(20)10-6-8-12(9-7-10)15(19,14(17)18)11-4-2-1-3-5-11/h1-9,19H,(H2,16,20)(H2,17,18). The van der Waals surface area contributed by atoms with Gasteiger partial charge >= 0.3 is 0 Å². The highest BCUT2D eigenvalue weighted by Gasteiger charge is 2.37. The summed E-state index contributed by atoms with van der Waals surface area (Å²) in [6, 6.07) is 15.0. The Hall–Kier alpha value is -2.24. The van der Waals surface area contributed by atoms with Gasteiger partial charge in [0.1, 0.15) is 4.99 Å². The van der Waals surface area contributed by atoms with Crippen molar-refractivity contribution >= 4 is 23.1 Å². The first-order valence-electron chi connectivity index (χ1n) is 5.94. The van der Waals surface area contributed by atoms with Gasteiger partial charge < -0.3 is 16.6 Å². The van der Waals surface area contributed by atoms with Crippen molar-refractivity contribution in [2.24, 2.45) is 11.5 Å². The molecular weight excluding hydrogens is 272 g/mol. The van der Waals surface area contributed by atoms with E-state index < -0.39 is 11.5 Å². The van der Waals surface area contributed by atoms with Gasteiger partial charge in [0.2, 0.25) is 0 Å². The summed E-state index contributed by atoms with van der Waals surface area (Å²) in [5.41, 5.74) is 10.5. The van der Waals surface area contributed by atoms with Crippen LogP contribution in [0.1, 0.15) is 16.7 Å². The van der Waals surface area contributed by atoms with Crippen LogP contribution in [0, 0.1) is 0 Å². The molecule has 102 valence electrons. The molecule has 5 heteroatoms. The normalized spacial score (nSPS) is 13.4. The average molecular weight is 286 g/mol. The molecule has 20 heavy (non-hydrogen) atoms. The van der Waals surface area contributed by atoms with Gasteiger partial charge in [-0.3, -0.25) is 4.79 Å². The number of hydrogen-bond acceptors (Lipinski definition) is 3. The number of amides is 1. The summed E-state index contributed by atoms with van der Waals surface area (Å²) >= 11 is 4.87. The lowest BCUT2D eigenvalue weighted by atomic mass is 9.85. The Morgan fingerprint density at radius 1 is 0.950 bits per heavy atom. The molecule has 0 aliphatic rings. The Labute approximate surface area is 122 Å². The van der Waals surface area contributed by atoms with Crippen molar-refractivity contribution in [1.82, 2.24) is 0 Å². The van der Waals surface area contributed by atoms with Gasteiger partial charge in [-0.05, 0) is 11.1 Å². The van der Waals surface area contributed by atoms with Crippen LogP contribution in [-0.2, 0) is 10.4 Å². The molecule has 1 atom stereocenters. The minimum absolute atomic E-state index is 0.249. The number of carbonyl (C=O) groups excluding carboxylic acids is 1. The molecule has 0 saturated carbocycles. The van der Waals surface area contributed by atoms with Gasteiger partial charge in [-0.2, -0.15) is 0 Å². The second kappa shape index (κ2) is 5.40. The van der Waals surface area contributed by atoms with Crippen molar-refractivity contribution in [2.75, 3.05) is 0 Å². The van der Waals surface area contributed by atoms with Crippen LogP contribution in [0.5, 0.6) is 0 Å². The van der Waals surface area contributed by atoms with Crippen molar-refractivity contribution in [3.8, 4) is 0 Å². The average Bonchev–Trinajstić information content (AvgIpc) is 2.47. The molecule has 1 amide bonds. The molecule has 0 aliphatic carbocycles. The number of primary amides is 1. The predicted octanol–water partition coefficient (Wildman–Crippen LogP) is 1.04. The largest absolute Gasteiger partial charge is 0.389 e. The molecule has 4 nitrogen and oxygen atoms in total. The second-order valence-corrected chi connectivity index (χ2v) is 4.82. The van der Waals surface area contributed by atoms with Gasteiger partial charge in [-0.15, -0.1) is 0 Å². The molecular formula is C15H14N2O2S. The lowest BCUT2D eigenvalue weighted by Crippen LogP contribution is -2.42. The van der Waals surface area contributed by atoms with E-state index in [4.69, 9.17) is 23.7 Å². The fourth-order valence-electron chi connectivity index (χ4n) is 2.01. The van der Waals surface area contributed by atoms with Crippen LogP contribution < -0.4 is 11.5 Å². The van der Waals surface area contributed by atoms with Crippen molar-refractivity contribution < 1.29 is 9.90 Å². The zero-order valence-corrected chi connectivity index (χ0v) is 11.4. The lowest BCUT2D eigenvalue weighted by molar-refractivity contribution is -0.133. The van der Waals surface area contributed by atoms with Crippen molar-refractivity contribution in [2.45, 2.75) is 5.60 Å². The zero-order valence-electron chi connectivity index (χ0n) is 10.6. The van der Waals surface area contributed by atoms with E-state index in [2.05, 4.69) is 0 Å². The molecule has 0 radical (unpaired) electrons. The van der Waals surface area contributed by atoms with E-state index >= 15 is 0 Å². The molecule has 0 aromatic heterocycles. The van der Waals surface area contributed by atoms with E-state index in [-0.39, 0.29) is 4.99 Å². The third-order valence-electron chi connectivity index (χ3n) is 3.14. The Morgan fingerprint density at radius 3 is 1.90 bits per heavy atom. The van der Waals surface area contributed by atoms with Crippen LogP contribution in [0.2, 0.25) is 0 Å². The minimum Gasteiger partial charge on any atom is -0.389 e. The topological polar surface area (TPSA) is 89.3 Å². The van der Waals surface area contributed by atoms with Gasteiger partial charge in [0.15, 0.2) is 5.60 Å². The van der Waals surface area contributed by atoms with E-state index in [1.807, 2.05) is 0 Å². The number of thiocarbonyl (C=S) groups is 1. The summed E-state index contributed by atoms with van der Waals surface area (Å²) in [5, 5.41) is 10.7. The molecule has 0 aliphatic heterocycles. The maximum absolute atomic E-state index is 11.8. The van der Waals surface area contributed by atoms with Crippen LogP contribution >= 0.6 is 12.2 Å². The van der Waals surface area contributed by atoms with E-state index in [9.17, 15) is 9.90 Å². The number of aliphatic hydroxyl groups is 1. The summed E-state index contributed by atoms with van der Waals surface area (Å²) in [7, 11) is 0. The summed E-state index contributed by atoms with van der Waals surface area (Å²) in [4.78, 5) is 12.0. The highest BCUT2D eigenvalue weighted by Crippen LogP contribution is 2.29. The quantitative estimate of drug-likeness (QED) is 0.733. The van der Waals surface area contributed by atoms with Gasteiger partial charge in [0, 0.05) is 5.56 Å². The van der Waals surface area contributed by atoms with Gasteiger partial charge in [0.25, 0.3) is 5.91 Å². The Morgan fingerprint density at radius 2 is 1.45 bits per heavy atom. The van der Waals surface area contributed by atoms with E-state index in [0.29, 0.717) is 16.7 Å². The fraction of sp³-hybridized carbons (Fsp3) is 0.0667. The van der Waals surface area contributed by atoms with E-state index in [1.165, 1.54) is 0 Å². The molecule has 0 fully saturated rings. The number of carbonyl (C=O) groups is 1. The maximum Gasteiger partial charge on any atom is 0.258 e. The molecule has 0 heterocycles. The number of nitrogens with two attached hydrogens (primary N) is 2. The maximum atomic E-state index is 11.8. The number of hydrogen-bond donors (Lipinski definition) is 3. The fourth-order valence-corrected chi connectivity index (χ4v) is 2.14. The van der Waals surface area contributed by atoms with E-state index in [0.717, 1.165) is 0 Å². The van der Waals surface area contributed by atoms with E-state index in [1.54, 1.807) is 54.6 Å². The third-order valence-corrected chi connectivity index (χ3v) is 3.37. The van der Waals surface area contributed by atoms with Gasteiger partial charge in [0.05, 0.1) is 0 Å². The minimum atomic E-state index is -1.88. The smallest absolute Gasteiger partial charge is 0.258 e. The van der Waals surface area contributed by atoms with Crippen molar-refractivity contribution in [3.05, 3.63) is 71.3 Å². The summed E-state index contributed by atoms with van der Waals surface area (Å²) in [5.74, 6) is -0.841. The summed E-state index contributed by atoms with van der Waals surface area (Å²) < 4.78 is 0. The number of rotatable bonds is 4. The first kappa shape index (κ1) is 14.2. The molecule has 1 unspecified atom stereocenters. The summed E-state index contributed by atoms with van der Waals surface area (Å²) in [6.45, 7) is 0. The third kappa shape index (κ3) is 2.41.